The lowest BCUT2D eigenvalue weighted by Crippen LogP contribution is -2.37. The minimum Gasteiger partial charge on any atom is -0.298 e. The molecular formula is C15H23N3S. The topological polar surface area (TPSA) is 19.4 Å². The van der Waals surface area contributed by atoms with Crippen molar-refractivity contribution >= 4 is 11.3 Å². The van der Waals surface area contributed by atoms with Crippen LogP contribution in [-0.2, 0) is 6.54 Å². The lowest BCUT2D eigenvalue weighted by Gasteiger charge is -2.25. The lowest BCUT2D eigenvalue weighted by atomic mass is 10.1. The van der Waals surface area contributed by atoms with Gasteiger partial charge in [0.25, 0.3) is 0 Å². The Morgan fingerprint density at radius 2 is 1.89 bits per heavy atom. The normalized spacial score (nSPS) is 32.1. The molecule has 3 fully saturated rings. The van der Waals surface area contributed by atoms with Gasteiger partial charge < -0.3 is 0 Å². The molecule has 0 spiro atoms. The fourth-order valence-corrected chi connectivity index (χ4v) is 4.51. The maximum absolute atomic E-state index is 4.63. The van der Waals surface area contributed by atoms with E-state index in [1.807, 2.05) is 0 Å². The minimum atomic E-state index is 0.806. The van der Waals surface area contributed by atoms with Crippen LogP contribution in [0.3, 0.4) is 0 Å². The molecule has 3 nitrogen and oxygen atoms in total. The van der Waals surface area contributed by atoms with Crippen molar-refractivity contribution in [2.45, 2.75) is 51.2 Å². The Morgan fingerprint density at radius 1 is 1.16 bits per heavy atom. The van der Waals surface area contributed by atoms with Crippen LogP contribution in [0.15, 0.2) is 5.38 Å². The summed E-state index contributed by atoms with van der Waals surface area (Å²) in [5.41, 5.74) is 1.28. The van der Waals surface area contributed by atoms with E-state index in [4.69, 9.17) is 0 Å². The number of aromatic nitrogens is 1. The van der Waals surface area contributed by atoms with Crippen LogP contribution in [0.1, 0.15) is 36.4 Å². The van der Waals surface area contributed by atoms with Crippen LogP contribution >= 0.6 is 11.3 Å². The maximum Gasteiger partial charge on any atom is 0.0897 e. The lowest BCUT2D eigenvalue weighted by molar-refractivity contribution is 0.211. The summed E-state index contributed by atoms with van der Waals surface area (Å²) in [4.78, 5) is 10.1. The molecule has 3 aliphatic rings. The Kier molecular flexibility index (Phi) is 3.13. The van der Waals surface area contributed by atoms with E-state index in [9.17, 15) is 0 Å². The standard InChI is InChI=1S/C15H23N3S/c1-11-16-13(10-19-11)9-18-7-5-14-15(18)4-6-17(14)8-12-2-3-12/h10,12,14-15H,2-9H2,1H3/t14-,15+/m1/s1. The zero-order valence-corrected chi connectivity index (χ0v) is 12.5. The molecule has 0 bridgehead atoms. The zero-order valence-electron chi connectivity index (χ0n) is 11.7. The Bertz CT molecular complexity index is 454. The smallest absolute Gasteiger partial charge is 0.0897 e. The molecule has 0 unspecified atom stereocenters. The van der Waals surface area contributed by atoms with Crippen molar-refractivity contribution in [2.75, 3.05) is 19.6 Å². The summed E-state index contributed by atoms with van der Waals surface area (Å²) in [5.74, 6) is 1.04. The van der Waals surface area contributed by atoms with Gasteiger partial charge in [-0.3, -0.25) is 9.80 Å². The van der Waals surface area contributed by atoms with E-state index in [1.165, 1.54) is 56.0 Å². The van der Waals surface area contributed by atoms with Gasteiger partial charge in [-0.25, -0.2) is 4.98 Å². The number of rotatable bonds is 4. The molecule has 2 saturated heterocycles. The van der Waals surface area contributed by atoms with Crippen molar-refractivity contribution in [3.05, 3.63) is 16.1 Å². The fraction of sp³-hybridized carbons (Fsp3) is 0.800. The molecule has 0 amide bonds. The average Bonchev–Trinajstić information content (AvgIpc) is 2.80. The van der Waals surface area contributed by atoms with E-state index in [2.05, 4.69) is 27.1 Å². The van der Waals surface area contributed by atoms with Gasteiger partial charge in [-0.05, 0) is 38.5 Å². The predicted molar refractivity (Wildman–Crippen MR) is 78.4 cm³/mol. The summed E-state index contributed by atoms with van der Waals surface area (Å²) >= 11 is 1.78. The number of thiazole rings is 1. The highest BCUT2D eigenvalue weighted by atomic mass is 32.1. The molecule has 19 heavy (non-hydrogen) atoms. The van der Waals surface area contributed by atoms with Crippen LogP contribution < -0.4 is 0 Å². The van der Waals surface area contributed by atoms with Gasteiger partial charge in [0.2, 0.25) is 0 Å². The van der Waals surface area contributed by atoms with Crippen molar-refractivity contribution in [2.24, 2.45) is 5.92 Å². The number of aryl methyl sites for hydroxylation is 1. The van der Waals surface area contributed by atoms with Crippen molar-refractivity contribution in [3.63, 3.8) is 0 Å². The summed E-state index contributed by atoms with van der Waals surface area (Å²) < 4.78 is 0. The third-order valence-corrected chi connectivity index (χ3v) is 5.85. The first kappa shape index (κ1) is 12.3. The van der Waals surface area contributed by atoms with Crippen LogP contribution in [-0.4, -0.2) is 46.5 Å². The molecule has 2 atom stereocenters. The van der Waals surface area contributed by atoms with E-state index in [0.717, 1.165) is 24.5 Å². The van der Waals surface area contributed by atoms with Crippen molar-refractivity contribution < 1.29 is 0 Å². The van der Waals surface area contributed by atoms with Crippen LogP contribution in [0, 0.1) is 12.8 Å². The second-order valence-corrected chi connectivity index (χ2v) is 7.54. The van der Waals surface area contributed by atoms with Gasteiger partial charge >= 0.3 is 0 Å². The second-order valence-electron chi connectivity index (χ2n) is 6.48. The Balaban J connectivity index is 1.40. The van der Waals surface area contributed by atoms with Crippen LogP contribution in [0.4, 0.5) is 0 Å². The van der Waals surface area contributed by atoms with Gasteiger partial charge in [-0.1, -0.05) is 0 Å². The molecule has 1 aromatic rings. The number of fused-ring (bicyclic) bond motifs is 1. The highest BCUT2D eigenvalue weighted by molar-refractivity contribution is 7.09. The highest BCUT2D eigenvalue weighted by Crippen LogP contribution is 2.37. The van der Waals surface area contributed by atoms with Gasteiger partial charge in [0.1, 0.15) is 0 Å². The molecule has 2 aliphatic heterocycles. The quantitative estimate of drug-likeness (QED) is 0.843. The van der Waals surface area contributed by atoms with Gasteiger partial charge in [-0.15, -0.1) is 11.3 Å². The first-order valence-electron chi connectivity index (χ1n) is 7.69. The van der Waals surface area contributed by atoms with Gasteiger partial charge in [0.05, 0.1) is 10.7 Å². The van der Waals surface area contributed by atoms with E-state index in [-0.39, 0.29) is 0 Å². The predicted octanol–water partition coefficient (Wildman–Crippen LogP) is 2.51. The largest absolute Gasteiger partial charge is 0.298 e. The van der Waals surface area contributed by atoms with Crippen LogP contribution in [0.25, 0.3) is 0 Å². The molecule has 1 aromatic heterocycles. The second kappa shape index (κ2) is 4.83. The molecule has 1 aliphatic carbocycles. The van der Waals surface area contributed by atoms with E-state index in [0.29, 0.717) is 0 Å². The highest BCUT2D eigenvalue weighted by Gasteiger charge is 2.43. The summed E-state index contributed by atoms with van der Waals surface area (Å²) in [6.45, 7) is 7.16. The van der Waals surface area contributed by atoms with Crippen LogP contribution in [0.5, 0.6) is 0 Å². The average molecular weight is 277 g/mol. The third-order valence-electron chi connectivity index (χ3n) is 5.03. The van der Waals surface area contributed by atoms with Crippen molar-refractivity contribution in [1.29, 1.82) is 0 Å². The fourth-order valence-electron chi connectivity index (χ4n) is 3.91. The monoisotopic (exact) mass is 277 g/mol. The van der Waals surface area contributed by atoms with Gasteiger partial charge in [0, 0.05) is 43.6 Å². The molecule has 4 rings (SSSR count). The molecular weight excluding hydrogens is 254 g/mol. The zero-order chi connectivity index (χ0) is 12.8. The van der Waals surface area contributed by atoms with E-state index < -0.39 is 0 Å². The third kappa shape index (κ3) is 2.46. The Morgan fingerprint density at radius 3 is 2.58 bits per heavy atom. The summed E-state index contributed by atoms with van der Waals surface area (Å²) in [6.07, 6.45) is 5.71. The van der Waals surface area contributed by atoms with Gasteiger partial charge in [-0.2, -0.15) is 0 Å². The van der Waals surface area contributed by atoms with Crippen LogP contribution in [0.2, 0.25) is 0 Å². The molecule has 0 aromatic carbocycles. The Hall–Kier alpha value is -0.450. The molecule has 0 radical (unpaired) electrons. The number of hydrogen-bond donors (Lipinski definition) is 0. The maximum atomic E-state index is 4.63. The first-order chi connectivity index (χ1) is 9.29. The number of hydrogen-bond acceptors (Lipinski definition) is 4. The summed E-state index contributed by atoms with van der Waals surface area (Å²) in [7, 11) is 0. The molecule has 104 valence electrons. The summed E-state index contributed by atoms with van der Waals surface area (Å²) in [6, 6.07) is 1.65. The molecule has 3 heterocycles. The minimum absolute atomic E-state index is 0.806. The van der Waals surface area contributed by atoms with E-state index >= 15 is 0 Å². The van der Waals surface area contributed by atoms with Crippen molar-refractivity contribution in [1.82, 2.24) is 14.8 Å². The molecule has 1 saturated carbocycles. The number of likely N-dealkylation sites (tertiary alicyclic amines) is 2. The SMILES string of the molecule is Cc1nc(CN2CC[C@@H]3[C@@H]2CCN3CC2CC2)cs1. The molecule has 0 N–H and O–H groups in total. The van der Waals surface area contributed by atoms with E-state index in [1.54, 1.807) is 11.3 Å². The Labute approximate surface area is 119 Å². The van der Waals surface area contributed by atoms with Gasteiger partial charge in [0.15, 0.2) is 0 Å². The first-order valence-corrected chi connectivity index (χ1v) is 8.56. The summed E-state index contributed by atoms with van der Waals surface area (Å²) in [5, 5.41) is 3.44. The molecule has 4 heteroatoms. The number of nitrogens with zero attached hydrogens (tertiary/aromatic N) is 3. The van der Waals surface area contributed by atoms with Crippen molar-refractivity contribution in [3.8, 4) is 0 Å².